The van der Waals surface area contributed by atoms with Gasteiger partial charge in [-0.3, -0.25) is 4.99 Å². The van der Waals surface area contributed by atoms with Gasteiger partial charge in [-0.25, -0.2) is 0 Å². The van der Waals surface area contributed by atoms with Gasteiger partial charge in [0.15, 0.2) is 0 Å². The van der Waals surface area contributed by atoms with Gasteiger partial charge in [0.1, 0.15) is 0 Å². The number of rotatable bonds is 2. The molecule has 0 atom stereocenters. The Balaban J connectivity index is 3.74. The van der Waals surface area contributed by atoms with Crippen molar-refractivity contribution in [3.8, 4) is 0 Å². The van der Waals surface area contributed by atoms with Gasteiger partial charge >= 0.3 is 0 Å². The summed E-state index contributed by atoms with van der Waals surface area (Å²) in [5.41, 5.74) is 0. The molecule has 0 aliphatic heterocycles. The molecule has 0 spiro atoms. The Kier molecular flexibility index (Phi) is 4.84. The van der Waals surface area contributed by atoms with E-state index in [1.807, 2.05) is 29.5 Å². The molecular formula is C5H7IN2. The zero-order valence-corrected chi connectivity index (χ0v) is 6.71. The molecule has 0 aromatic carbocycles. The monoisotopic (exact) mass is 222 g/mol. The predicted octanol–water partition coefficient (Wildman–Crippen LogP) is 2.00. The molecule has 0 saturated heterocycles. The zero-order chi connectivity index (χ0) is 6.41. The summed E-state index contributed by atoms with van der Waals surface area (Å²) in [5.74, 6) is 0. The molecule has 0 bridgehead atoms. The summed E-state index contributed by atoms with van der Waals surface area (Å²) in [7, 11) is 0. The van der Waals surface area contributed by atoms with Crippen LogP contribution in [0.15, 0.2) is 14.8 Å². The fraction of sp³-hybridized carbons (Fsp3) is 0.200. The van der Waals surface area contributed by atoms with Gasteiger partial charge in [0, 0.05) is 22.2 Å². The van der Waals surface area contributed by atoms with Gasteiger partial charge in [0.2, 0.25) is 0 Å². The van der Waals surface area contributed by atoms with Gasteiger partial charge in [0.05, 0.1) is 0 Å². The van der Waals surface area contributed by atoms with Crippen LogP contribution in [-0.4, -0.2) is 12.4 Å². The molecule has 0 radical (unpaired) electrons. The molecule has 0 unspecified atom stereocenters. The third-order valence-corrected chi connectivity index (χ3v) is 1.07. The van der Waals surface area contributed by atoms with Crippen LogP contribution in [0.1, 0.15) is 6.92 Å². The molecule has 0 aromatic rings. The van der Waals surface area contributed by atoms with E-state index in [-0.39, 0.29) is 0 Å². The van der Waals surface area contributed by atoms with Crippen molar-refractivity contribution in [1.82, 2.24) is 0 Å². The highest BCUT2D eigenvalue weighted by Gasteiger charge is 1.75. The predicted molar refractivity (Wildman–Crippen MR) is 45.1 cm³/mol. The minimum absolute atomic E-state index is 0.834. The number of hydrogen-bond acceptors (Lipinski definition) is 2. The van der Waals surface area contributed by atoms with Gasteiger partial charge in [-0.15, -0.1) is 0 Å². The van der Waals surface area contributed by atoms with Gasteiger partial charge < -0.3 is 5.41 Å². The van der Waals surface area contributed by atoms with Crippen molar-refractivity contribution in [3.63, 3.8) is 0 Å². The highest BCUT2D eigenvalue weighted by atomic mass is 127. The zero-order valence-electron chi connectivity index (χ0n) is 4.56. The first-order chi connectivity index (χ1) is 3.81. The van der Waals surface area contributed by atoms with E-state index in [9.17, 15) is 0 Å². The Bertz CT molecular complexity index is 126. The average molecular weight is 222 g/mol. The van der Waals surface area contributed by atoms with Crippen molar-refractivity contribution in [2.24, 2.45) is 4.99 Å². The molecular weight excluding hydrogens is 215 g/mol. The van der Waals surface area contributed by atoms with Crippen LogP contribution >= 0.6 is 22.6 Å². The van der Waals surface area contributed by atoms with Crippen LogP contribution in [-0.2, 0) is 0 Å². The summed E-state index contributed by atoms with van der Waals surface area (Å²) in [6, 6.07) is 0. The smallest absolute Gasteiger partial charge is 0.0488 e. The first-order valence-electron chi connectivity index (χ1n) is 2.15. The molecule has 1 N–H and O–H groups in total. The minimum atomic E-state index is 0.834. The molecule has 0 heterocycles. The standard InChI is InChI=1S/C5H7IN2/c1-2-8-4-5(6)3-7/h2-4,7H,1H3/b5-4+,7-3?,8-2?. The van der Waals surface area contributed by atoms with E-state index in [2.05, 4.69) is 4.99 Å². The van der Waals surface area contributed by atoms with E-state index < -0.39 is 0 Å². The van der Waals surface area contributed by atoms with Crippen LogP contribution in [0.3, 0.4) is 0 Å². The molecule has 0 saturated carbocycles. The molecule has 8 heavy (non-hydrogen) atoms. The lowest BCUT2D eigenvalue weighted by atomic mass is 10.7. The van der Waals surface area contributed by atoms with Crippen molar-refractivity contribution < 1.29 is 0 Å². The van der Waals surface area contributed by atoms with E-state index >= 15 is 0 Å². The summed E-state index contributed by atoms with van der Waals surface area (Å²) in [6.07, 6.45) is 4.57. The quantitative estimate of drug-likeness (QED) is 0.548. The van der Waals surface area contributed by atoms with Crippen LogP contribution in [0.25, 0.3) is 0 Å². The number of nitrogens with one attached hydrogen (secondary N) is 1. The molecule has 0 aliphatic carbocycles. The van der Waals surface area contributed by atoms with E-state index in [1.165, 1.54) is 6.21 Å². The van der Waals surface area contributed by atoms with Crippen LogP contribution < -0.4 is 0 Å². The van der Waals surface area contributed by atoms with Crippen LogP contribution in [0, 0.1) is 5.41 Å². The van der Waals surface area contributed by atoms with Gasteiger partial charge in [-0.05, 0) is 29.5 Å². The molecule has 0 rings (SSSR count). The second-order valence-corrected chi connectivity index (χ2v) is 2.31. The third-order valence-electron chi connectivity index (χ3n) is 0.485. The maximum Gasteiger partial charge on any atom is 0.0488 e. The second kappa shape index (κ2) is 4.96. The minimum Gasteiger partial charge on any atom is -0.308 e. The fourth-order valence-electron chi connectivity index (χ4n) is 0.183. The first kappa shape index (κ1) is 7.81. The largest absolute Gasteiger partial charge is 0.308 e. The van der Waals surface area contributed by atoms with Crippen molar-refractivity contribution >= 4 is 35.0 Å². The highest BCUT2D eigenvalue weighted by Crippen LogP contribution is 1.99. The summed E-state index contributed by atoms with van der Waals surface area (Å²) in [4.78, 5) is 3.80. The molecule has 44 valence electrons. The molecule has 0 aliphatic rings. The number of aliphatic imine (C=N–C) groups is 1. The fourth-order valence-corrected chi connectivity index (χ4v) is 0.344. The Morgan fingerprint density at radius 2 is 2.38 bits per heavy atom. The summed E-state index contributed by atoms with van der Waals surface area (Å²) in [6.45, 7) is 1.84. The molecule has 0 aromatic heterocycles. The third kappa shape index (κ3) is 3.98. The van der Waals surface area contributed by atoms with E-state index in [0.717, 1.165) is 3.58 Å². The molecule has 3 heteroatoms. The van der Waals surface area contributed by atoms with Crippen LogP contribution in [0.5, 0.6) is 0 Å². The van der Waals surface area contributed by atoms with E-state index in [1.54, 1.807) is 12.4 Å². The Morgan fingerprint density at radius 1 is 1.75 bits per heavy atom. The van der Waals surface area contributed by atoms with Crippen molar-refractivity contribution in [1.29, 1.82) is 5.41 Å². The van der Waals surface area contributed by atoms with Crippen molar-refractivity contribution in [2.75, 3.05) is 0 Å². The second-order valence-electron chi connectivity index (χ2n) is 1.07. The Hall–Kier alpha value is -0.190. The lowest BCUT2D eigenvalue weighted by Gasteiger charge is -1.77. The van der Waals surface area contributed by atoms with Crippen LogP contribution in [0.2, 0.25) is 0 Å². The maximum atomic E-state index is 6.71. The number of hydrogen-bond donors (Lipinski definition) is 1. The van der Waals surface area contributed by atoms with E-state index in [4.69, 9.17) is 5.41 Å². The number of allylic oxidation sites excluding steroid dienone is 1. The SMILES string of the molecule is CC=N/C=C(/I)C=N. The Labute approximate surface area is 62.4 Å². The Morgan fingerprint density at radius 3 is 2.75 bits per heavy atom. The van der Waals surface area contributed by atoms with E-state index in [0.29, 0.717) is 0 Å². The first-order valence-corrected chi connectivity index (χ1v) is 3.23. The lowest BCUT2D eigenvalue weighted by molar-refractivity contribution is 1.54. The highest BCUT2D eigenvalue weighted by molar-refractivity contribution is 14.1. The average Bonchev–Trinajstić information content (AvgIpc) is 1.83. The normalized spacial score (nSPS) is 12.5. The lowest BCUT2D eigenvalue weighted by Crippen LogP contribution is -1.66. The van der Waals surface area contributed by atoms with Gasteiger partial charge in [-0.1, -0.05) is 0 Å². The molecule has 0 fully saturated rings. The van der Waals surface area contributed by atoms with Crippen molar-refractivity contribution in [2.45, 2.75) is 6.92 Å². The number of nitrogens with zero attached hydrogens (tertiary/aromatic N) is 1. The summed E-state index contributed by atoms with van der Waals surface area (Å²) >= 11 is 2.03. The van der Waals surface area contributed by atoms with Gasteiger partial charge in [-0.2, -0.15) is 0 Å². The topological polar surface area (TPSA) is 36.2 Å². The van der Waals surface area contributed by atoms with Gasteiger partial charge in [0.25, 0.3) is 0 Å². The maximum absolute atomic E-state index is 6.71. The molecule has 0 amide bonds. The molecule has 2 nitrogen and oxygen atoms in total. The number of halogens is 1. The summed E-state index contributed by atoms with van der Waals surface area (Å²) in [5, 5.41) is 6.71. The van der Waals surface area contributed by atoms with Crippen molar-refractivity contribution in [3.05, 3.63) is 9.78 Å². The van der Waals surface area contributed by atoms with Crippen LogP contribution in [0.4, 0.5) is 0 Å². The summed E-state index contributed by atoms with van der Waals surface area (Å²) < 4.78 is 0.834.